The summed E-state index contributed by atoms with van der Waals surface area (Å²) in [6.07, 6.45) is 0. The first-order valence-electron chi connectivity index (χ1n) is 9.28. The van der Waals surface area contributed by atoms with Gasteiger partial charge in [-0.05, 0) is 43.3 Å². The molecule has 1 heterocycles. The first-order valence-corrected chi connectivity index (χ1v) is 10.6. The fraction of sp³-hybridized carbons (Fsp3) is 0.238. The lowest BCUT2D eigenvalue weighted by molar-refractivity contribution is -0.145. The summed E-state index contributed by atoms with van der Waals surface area (Å²) < 4.78 is 7.04. The van der Waals surface area contributed by atoms with Crippen molar-refractivity contribution in [3.05, 3.63) is 59.6 Å². The van der Waals surface area contributed by atoms with Crippen LogP contribution in [0.15, 0.2) is 59.8 Å². The average Bonchev–Trinajstić information content (AvgIpc) is 3.19. The lowest BCUT2D eigenvalue weighted by Crippen LogP contribution is -2.31. The molecule has 0 bridgehead atoms. The second-order valence-corrected chi connectivity index (χ2v) is 7.67. The molecule has 0 saturated carbocycles. The van der Waals surface area contributed by atoms with Gasteiger partial charge in [0.25, 0.3) is 5.91 Å². The standard InChI is InChI=1S/C21H21ClN4O3S/c1-3-26-20(15-9-11-16(22)12-10-15)23-24-21(26)30-14-19(28)29-13-18(27)25(2)17-7-5-4-6-8-17/h4-12H,3,13-14H2,1-2H3. The third-order valence-corrected chi connectivity index (χ3v) is 5.52. The van der Waals surface area contributed by atoms with Crippen molar-refractivity contribution in [3.63, 3.8) is 0 Å². The third kappa shape index (κ3) is 5.40. The zero-order valence-corrected chi connectivity index (χ0v) is 18.2. The Morgan fingerprint density at radius 1 is 1.10 bits per heavy atom. The number of benzene rings is 2. The number of halogens is 1. The van der Waals surface area contributed by atoms with Crippen LogP contribution >= 0.6 is 23.4 Å². The molecule has 0 aliphatic carbocycles. The van der Waals surface area contributed by atoms with E-state index in [1.165, 1.54) is 16.7 Å². The molecule has 3 rings (SSSR count). The zero-order valence-electron chi connectivity index (χ0n) is 16.6. The Morgan fingerprint density at radius 3 is 2.47 bits per heavy atom. The van der Waals surface area contributed by atoms with Gasteiger partial charge in [-0.2, -0.15) is 0 Å². The number of ether oxygens (including phenoxy) is 1. The Hall–Kier alpha value is -2.84. The highest BCUT2D eigenvalue weighted by molar-refractivity contribution is 7.99. The quantitative estimate of drug-likeness (QED) is 0.387. The van der Waals surface area contributed by atoms with Gasteiger partial charge in [0.1, 0.15) is 0 Å². The predicted molar refractivity (Wildman–Crippen MR) is 118 cm³/mol. The Balaban J connectivity index is 1.54. The minimum absolute atomic E-state index is 0.0289. The second kappa shape index (κ2) is 10.3. The molecule has 0 aliphatic heterocycles. The number of hydrogen-bond acceptors (Lipinski definition) is 6. The number of carbonyl (C=O) groups excluding carboxylic acids is 2. The maximum absolute atomic E-state index is 12.2. The molecule has 156 valence electrons. The summed E-state index contributed by atoms with van der Waals surface area (Å²) in [7, 11) is 1.64. The number of para-hydroxylation sites is 1. The van der Waals surface area contributed by atoms with Crippen LogP contribution in [0, 0.1) is 0 Å². The van der Waals surface area contributed by atoms with Crippen molar-refractivity contribution in [1.82, 2.24) is 14.8 Å². The van der Waals surface area contributed by atoms with Gasteiger partial charge in [-0.1, -0.05) is 41.6 Å². The van der Waals surface area contributed by atoms with Gasteiger partial charge < -0.3 is 14.2 Å². The molecule has 0 fully saturated rings. The molecule has 0 spiro atoms. The average molecular weight is 445 g/mol. The van der Waals surface area contributed by atoms with E-state index >= 15 is 0 Å². The molecule has 0 saturated heterocycles. The number of likely N-dealkylation sites (N-methyl/N-ethyl adjacent to an activating group) is 1. The number of nitrogens with zero attached hydrogens (tertiary/aromatic N) is 4. The van der Waals surface area contributed by atoms with E-state index < -0.39 is 5.97 Å². The number of anilines is 1. The fourth-order valence-corrected chi connectivity index (χ4v) is 3.62. The van der Waals surface area contributed by atoms with Gasteiger partial charge in [-0.15, -0.1) is 10.2 Å². The van der Waals surface area contributed by atoms with Crippen molar-refractivity contribution < 1.29 is 14.3 Å². The molecule has 1 aromatic heterocycles. The Morgan fingerprint density at radius 2 is 1.80 bits per heavy atom. The van der Waals surface area contributed by atoms with E-state index in [0.717, 1.165) is 11.3 Å². The summed E-state index contributed by atoms with van der Waals surface area (Å²) in [5.41, 5.74) is 1.62. The molecule has 1 amide bonds. The van der Waals surface area contributed by atoms with Crippen molar-refractivity contribution >= 4 is 40.9 Å². The van der Waals surface area contributed by atoms with Crippen molar-refractivity contribution in [3.8, 4) is 11.4 Å². The highest BCUT2D eigenvalue weighted by Crippen LogP contribution is 2.25. The normalized spacial score (nSPS) is 10.6. The third-order valence-electron chi connectivity index (χ3n) is 4.33. The summed E-state index contributed by atoms with van der Waals surface area (Å²) in [4.78, 5) is 25.8. The largest absolute Gasteiger partial charge is 0.455 e. The number of rotatable bonds is 8. The molecular formula is C21H21ClN4O3S. The minimum atomic E-state index is -0.492. The van der Waals surface area contributed by atoms with E-state index in [2.05, 4.69) is 10.2 Å². The lowest BCUT2D eigenvalue weighted by atomic mass is 10.2. The molecule has 0 N–H and O–H groups in total. The van der Waals surface area contributed by atoms with E-state index in [1.807, 2.05) is 54.0 Å². The van der Waals surface area contributed by atoms with Crippen LogP contribution < -0.4 is 4.90 Å². The molecule has 2 aromatic carbocycles. The Labute approximate surface area is 184 Å². The molecule has 0 aliphatic rings. The van der Waals surface area contributed by atoms with Crippen LogP contribution in [0.4, 0.5) is 5.69 Å². The first kappa shape index (κ1) is 21.9. The second-order valence-electron chi connectivity index (χ2n) is 6.29. The highest BCUT2D eigenvalue weighted by Gasteiger charge is 2.17. The van der Waals surface area contributed by atoms with Crippen LogP contribution in [0.1, 0.15) is 6.92 Å². The molecule has 3 aromatic rings. The van der Waals surface area contributed by atoms with Crippen LogP contribution in [0.5, 0.6) is 0 Å². The van der Waals surface area contributed by atoms with E-state index in [0.29, 0.717) is 22.5 Å². The molecule has 0 unspecified atom stereocenters. The summed E-state index contributed by atoms with van der Waals surface area (Å²) in [6.45, 7) is 2.30. The Bertz CT molecular complexity index is 1010. The molecule has 9 heteroatoms. The van der Waals surface area contributed by atoms with Crippen LogP contribution in [-0.2, 0) is 20.9 Å². The maximum Gasteiger partial charge on any atom is 0.316 e. The van der Waals surface area contributed by atoms with E-state index in [4.69, 9.17) is 16.3 Å². The monoisotopic (exact) mass is 444 g/mol. The van der Waals surface area contributed by atoms with Gasteiger partial charge in [0.15, 0.2) is 17.6 Å². The van der Waals surface area contributed by atoms with E-state index in [9.17, 15) is 9.59 Å². The van der Waals surface area contributed by atoms with Crippen molar-refractivity contribution in [2.45, 2.75) is 18.6 Å². The molecule has 30 heavy (non-hydrogen) atoms. The van der Waals surface area contributed by atoms with Gasteiger partial charge in [-0.3, -0.25) is 9.59 Å². The number of carbonyl (C=O) groups is 2. The van der Waals surface area contributed by atoms with Crippen LogP contribution in [0.2, 0.25) is 5.02 Å². The van der Waals surface area contributed by atoms with Crippen molar-refractivity contribution in [2.24, 2.45) is 0 Å². The first-order chi connectivity index (χ1) is 14.5. The number of esters is 1. The van der Waals surface area contributed by atoms with Crippen LogP contribution in [0.3, 0.4) is 0 Å². The highest BCUT2D eigenvalue weighted by atomic mass is 35.5. The number of amides is 1. The van der Waals surface area contributed by atoms with Crippen molar-refractivity contribution in [2.75, 3.05) is 24.3 Å². The lowest BCUT2D eigenvalue weighted by Gasteiger charge is -2.17. The van der Waals surface area contributed by atoms with E-state index in [-0.39, 0.29) is 18.3 Å². The van der Waals surface area contributed by atoms with Gasteiger partial charge >= 0.3 is 5.97 Å². The predicted octanol–water partition coefficient (Wildman–Crippen LogP) is 3.92. The Kier molecular flexibility index (Phi) is 7.48. The SMILES string of the molecule is CCn1c(SCC(=O)OCC(=O)N(C)c2ccccc2)nnc1-c1ccc(Cl)cc1. The van der Waals surface area contributed by atoms with Gasteiger partial charge in [0.2, 0.25) is 0 Å². The molecular weight excluding hydrogens is 424 g/mol. The summed E-state index contributed by atoms with van der Waals surface area (Å²) in [5, 5.41) is 9.66. The van der Waals surface area contributed by atoms with Gasteiger partial charge in [0.05, 0.1) is 5.75 Å². The van der Waals surface area contributed by atoms with Gasteiger partial charge in [-0.25, -0.2) is 0 Å². The zero-order chi connectivity index (χ0) is 21.5. The maximum atomic E-state index is 12.2. The number of aromatic nitrogens is 3. The van der Waals surface area contributed by atoms with Crippen molar-refractivity contribution in [1.29, 1.82) is 0 Å². The smallest absolute Gasteiger partial charge is 0.316 e. The topological polar surface area (TPSA) is 77.3 Å². The van der Waals surface area contributed by atoms with Crippen LogP contribution in [0.25, 0.3) is 11.4 Å². The summed E-state index contributed by atoms with van der Waals surface area (Å²) in [6, 6.07) is 16.5. The summed E-state index contributed by atoms with van der Waals surface area (Å²) in [5.74, 6) is -0.0688. The minimum Gasteiger partial charge on any atom is -0.455 e. The molecule has 7 nitrogen and oxygen atoms in total. The molecule has 0 atom stereocenters. The van der Waals surface area contributed by atoms with E-state index in [1.54, 1.807) is 19.2 Å². The van der Waals surface area contributed by atoms with Gasteiger partial charge in [0, 0.05) is 29.9 Å². The number of thioether (sulfide) groups is 1. The molecule has 0 radical (unpaired) electrons. The fourth-order valence-electron chi connectivity index (χ4n) is 2.69. The number of hydrogen-bond donors (Lipinski definition) is 0. The van der Waals surface area contributed by atoms with Crippen LogP contribution in [-0.4, -0.2) is 46.0 Å². The summed E-state index contributed by atoms with van der Waals surface area (Å²) >= 11 is 7.16.